The molecule has 0 aromatic carbocycles. The van der Waals surface area contributed by atoms with Crippen molar-refractivity contribution in [1.82, 2.24) is 0 Å². The van der Waals surface area contributed by atoms with Gasteiger partial charge >= 0.3 is 5.97 Å². The molecular formula is C7H14O3S. The van der Waals surface area contributed by atoms with E-state index >= 15 is 0 Å². The Morgan fingerprint density at radius 1 is 1.55 bits per heavy atom. The molecule has 0 N–H and O–H groups in total. The maximum atomic E-state index is 10.7. The highest BCUT2D eigenvalue weighted by Crippen LogP contribution is 1.93. The second kappa shape index (κ2) is 5.29. The summed E-state index contributed by atoms with van der Waals surface area (Å²) in [5.74, 6) is -0.0315. The normalized spacial score (nSPS) is 13.1. The number of carbonyl (C=O) groups is 1. The van der Waals surface area contributed by atoms with Crippen LogP contribution in [-0.4, -0.2) is 28.8 Å². The van der Waals surface area contributed by atoms with Crippen LogP contribution >= 0.6 is 0 Å². The Morgan fingerprint density at radius 2 is 2.09 bits per heavy atom. The third-order valence-corrected chi connectivity index (χ3v) is 1.54. The molecule has 11 heavy (non-hydrogen) atoms. The summed E-state index contributed by atoms with van der Waals surface area (Å²) in [5, 5.41) is 0. The van der Waals surface area contributed by atoms with E-state index < -0.39 is 10.8 Å². The van der Waals surface area contributed by atoms with Crippen LogP contribution in [0.3, 0.4) is 0 Å². The molecule has 1 atom stereocenters. The molecule has 0 amide bonds. The number of carbonyl (C=O) groups excluding carboxylic acids is 1. The molecule has 0 heterocycles. The van der Waals surface area contributed by atoms with Crippen molar-refractivity contribution in [2.45, 2.75) is 13.8 Å². The highest BCUT2D eigenvalue weighted by atomic mass is 32.2. The Kier molecular flexibility index (Phi) is 5.11. The first-order valence-corrected chi connectivity index (χ1v) is 5.20. The Labute approximate surface area is 69.6 Å². The Bertz CT molecular complexity index is 154. The lowest BCUT2D eigenvalue weighted by molar-refractivity contribution is -0.141. The van der Waals surface area contributed by atoms with Crippen LogP contribution in [0.4, 0.5) is 0 Å². The zero-order chi connectivity index (χ0) is 8.85. The average Bonchev–Trinajstić information content (AvgIpc) is 1.82. The van der Waals surface area contributed by atoms with Crippen molar-refractivity contribution in [3.8, 4) is 0 Å². The Hall–Kier alpha value is -0.380. The molecule has 1 unspecified atom stereocenters. The van der Waals surface area contributed by atoms with Crippen LogP contribution < -0.4 is 0 Å². The van der Waals surface area contributed by atoms with E-state index in [2.05, 4.69) is 0 Å². The van der Waals surface area contributed by atoms with Gasteiger partial charge in [-0.3, -0.25) is 9.00 Å². The molecule has 0 fully saturated rings. The van der Waals surface area contributed by atoms with E-state index in [0.29, 0.717) is 12.5 Å². The first kappa shape index (κ1) is 10.6. The molecule has 0 aromatic rings. The van der Waals surface area contributed by atoms with Gasteiger partial charge in [-0.1, -0.05) is 13.8 Å². The molecule has 3 nitrogen and oxygen atoms in total. The van der Waals surface area contributed by atoms with Crippen LogP contribution in [0.1, 0.15) is 13.8 Å². The van der Waals surface area contributed by atoms with E-state index in [4.69, 9.17) is 4.74 Å². The molecular weight excluding hydrogens is 164 g/mol. The maximum Gasteiger partial charge on any atom is 0.318 e. The zero-order valence-corrected chi connectivity index (χ0v) is 7.94. The fraction of sp³-hybridized carbons (Fsp3) is 0.857. The third kappa shape index (κ3) is 7.52. The van der Waals surface area contributed by atoms with E-state index in [9.17, 15) is 9.00 Å². The van der Waals surface area contributed by atoms with Crippen LogP contribution in [0, 0.1) is 5.92 Å². The Morgan fingerprint density at radius 3 is 2.45 bits per heavy atom. The van der Waals surface area contributed by atoms with Crippen LogP contribution in [0.5, 0.6) is 0 Å². The summed E-state index contributed by atoms with van der Waals surface area (Å²) in [6.07, 6.45) is 1.48. The van der Waals surface area contributed by atoms with Crippen LogP contribution in [0.15, 0.2) is 0 Å². The largest absolute Gasteiger partial charge is 0.465 e. The zero-order valence-electron chi connectivity index (χ0n) is 7.12. The number of hydrogen-bond acceptors (Lipinski definition) is 3. The van der Waals surface area contributed by atoms with Gasteiger partial charge in [0.15, 0.2) is 0 Å². The molecule has 0 aliphatic heterocycles. The molecule has 0 saturated carbocycles. The van der Waals surface area contributed by atoms with Crippen molar-refractivity contribution in [2.75, 3.05) is 18.6 Å². The van der Waals surface area contributed by atoms with Gasteiger partial charge in [0.2, 0.25) is 0 Å². The molecule has 0 aromatic heterocycles. The monoisotopic (exact) mass is 178 g/mol. The summed E-state index contributed by atoms with van der Waals surface area (Å²) in [6, 6.07) is 0. The molecule has 66 valence electrons. The van der Waals surface area contributed by atoms with Gasteiger partial charge in [-0.2, -0.15) is 0 Å². The van der Waals surface area contributed by atoms with Gasteiger partial charge in [0.05, 0.1) is 6.61 Å². The quantitative estimate of drug-likeness (QED) is 0.591. The molecule has 0 spiro atoms. The molecule has 0 aliphatic carbocycles. The smallest absolute Gasteiger partial charge is 0.318 e. The van der Waals surface area contributed by atoms with Crippen molar-refractivity contribution in [3.63, 3.8) is 0 Å². The summed E-state index contributed by atoms with van der Waals surface area (Å²) in [7, 11) is -1.08. The number of rotatable bonds is 4. The minimum Gasteiger partial charge on any atom is -0.465 e. The van der Waals surface area contributed by atoms with Gasteiger partial charge in [-0.05, 0) is 5.92 Å². The predicted molar refractivity (Wildman–Crippen MR) is 44.7 cm³/mol. The predicted octanol–water partition coefficient (Wildman–Crippen LogP) is 0.564. The molecule has 0 radical (unpaired) electrons. The highest BCUT2D eigenvalue weighted by Gasteiger charge is 2.05. The van der Waals surface area contributed by atoms with E-state index in [0.717, 1.165) is 0 Å². The number of esters is 1. The van der Waals surface area contributed by atoms with Gasteiger partial charge in [0.25, 0.3) is 0 Å². The second-order valence-electron chi connectivity index (χ2n) is 2.79. The van der Waals surface area contributed by atoms with Gasteiger partial charge < -0.3 is 4.74 Å². The van der Waals surface area contributed by atoms with Crippen LogP contribution in [0.2, 0.25) is 0 Å². The lowest BCUT2D eigenvalue weighted by Crippen LogP contribution is -2.15. The van der Waals surface area contributed by atoms with Crippen molar-refractivity contribution in [2.24, 2.45) is 5.92 Å². The van der Waals surface area contributed by atoms with E-state index in [1.54, 1.807) is 0 Å². The number of hydrogen-bond donors (Lipinski definition) is 0. The maximum absolute atomic E-state index is 10.7. The Balaban J connectivity index is 3.46. The van der Waals surface area contributed by atoms with Gasteiger partial charge in [0, 0.05) is 17.1 Å². The average molecular weight is 178 g/mol. The van der Waals surface area contributed by atoms with Gasteiger partial charge in [-0.25, -0.2) is 0 Å². The van der Waals surface area contributed by atoms with Crippen molar-refractivity contribution in [1.29, 1.82) is 0 Å². The lowest BCUT2D eigenvalue weighted by atomic mass is 10.2. The van der Waals surface area contributed by atoms with E-state index in [1.807, 2.05) is 13.8 Å². The minimum absolute atomic E-state index is 0.00667. The summed E-state index contributed by atoms with van der Waals surface area (Å²) < 4.78 is 15.3. The minimum atomic E-state index is -1.08. The summed E-state index contributed by atoms with van der Waals surface area (Å²) in [6.45, 7) is 4.32. The molecule has 4 heteroatoms. The van der Waals surface area contributed by atoms with Crippen LogP contribution in [-0.2, 0) is 20.3 Å². The highest BCUT2D eigenvalue weighted by molar-refractivity contribution is 7.84. The molecule has 0 saturated heterocycles. The van der Waals surface area contributed by atoms with Crippen molar-refractivity contribution < 1.29 is 13.7 Å². The third-order valence-electron chi connectivity index (χ3n) is 0.899. The summed E-state index contributed by atoms with van der Waals surface area (Å²) >= 11 is 0. The standard InChI is InChI=1S/C7H14O3S/c1-6(2)4-10-7(8)5-11(3)9/h6H,4-5H2,1-3H3. The molecule has 0 rings (SSSR count). The summed E-state index contributed by atoms with van der Waals surface area (Å²) in [5.41, 5.74) is 0. The SMILES string of the molecule is CC(C)COC(=O)CS(C)=O. The topological polar surface area (TPSA) is 43.4 Å². The van der Waals surface area contributed by atoms with E-state index in [1.165, 1.54) is 6.26 Å². The molecule has 0 bridgehead atoms. The fourth-order valence-electron chi connectivity index (χ4n) is 0.467. The van der Waals surface area contributed by atoms with Crippen molar-refractivity contribution in [3.05, 3.63) is 0 Å². The fourth-order valence-corrected chi connectivity index (χ4v) is 0.883. The lowest BCUT2D eigenvalue weighted by Gasteiger charge is -2.05. The van der Waals surface area contributed by atoms with E-state index in [-0.39, 0.29) is 11.7 Å². The molecule has 0 aliphatic rings. The van der Waals surface area contributed by atoms with Crippen LogP contribution in [0.25, 0.3) is 0 Å². The van der Waals surface area contributed by atoms with Gasteiger partial charge in [0.1, 0.15) is 5.75 Å². The number of ether oxygens (including phenoxy) is 1. The van der Waals surface area contributed by atoms with Crippen molar-refractivity contribution >= 4 is 16.8 Å². The first-order valence-electron chi connectivity index (χ1n) is 3.48. The second-order valence-corrected chi connectivity index (χ2v) is 4.23. The summed E-state index contributed by atoms with van der Waals surface area (Å²) in [4.78, 5) is 10.7. The first-order chi connectivity index (χ1) is 5.02. The van der Waals surface area contributed by atoms with Gasteiger partial charge in [-0.15, -0.1) is 0 Å².